The SMILES string of the molecule is CC(=NO)C1CC1c1c(Cl)cccc1Cl. The van der Waals surface area contributed by atoms with E-state index in [9.17, 15) is 0 Å². The maximum absolute atomic E-state index is 8.67. The molecule has 0 aliphatic heterocycles. The van der Waals surface area contributed by atoms with Gasteiger partial charge in [-0.25, -0.2) is 0 Å². The maximum Gasteiger partial charge on any atom is 0.0577 e. The minimum atomic E-state index is 0.285. The van der Waals surface area contributed by atoms with E-state index in [-0.39, 0.29) is 5.92 Å². The monoisotopic (exact) mass is 243 g/mol. The van der Waals surface area contributed by atoms with Crippen LogP contribution in [0.3, 0.4) is 0 Å². The minimum Gasteiger partial charge on any atom is -0.411 e. The van der Waals surface area contributed by atoms with Gasteiger partial charge < -0.3 is 5.21 Å². The zero-order valence-corrected chi connectivity index (χ0v) is 9.76. The second kappa shape index (κ2) is 4.03. The van der Waals surface area contributed by atoms with E-state index in [0.717, 1.165) is 17.7 Å². The average molecular weight is 244 g/mol. The molecule has 1 aromatic carbocycles. The summed E-state index contributed by atoms with van der Waals surface area (Å²) in [5.74, 6) is 0.592. The molecule has 1 aliphatic rings. The topological polar surface area (TPSA) is 32.6 Å². The number of rotatable bonds is 2. The molecule has 2 nitrogen and oxygen atoms in total. The van der Waals surface area contributed by atoms with Crippen LogP contribution >= 0.6 is 23.2 Å². The molecular weight excluding hydrogens is 233 g/mol. The van der Waals surface area contributed by atoms with Gasteiger partial charge in [0.05, 0.1) is 5.71 Å². The van der Waals surface area contributed by atoms with Crippen LogP contribution in [0, 0.1) is 5.92 Å². The highest BCUT2D eigenvalue weighted by Crippen LogP contribution is 2.52. The average Bonchev–Trinajstić information content (AvgIpc) is 2.96. The second-order valence-corrected chi connectivity index (χ2v) is 4.64. The largest absolute Gasteiger partial charge is 0.411 e. The van der Waals surface area contributed by atoms with Crippen LogP contribution < -0.4 is 0 Å². The van der Waals surface area contributed by atoms with Crippen LogP contribution in [0.1, 0.15) is 24.8 Å². The van der Waals surface area contributed by atoms with Crippen LogP contribution in [0.25, 0.3) is 0 Å². The molecule has 0 saturated heterocycles. The molecule has 0 bridgehead atoms. The molecule has 0 aromatic heterocycles. The molecule has 2 unspecified atom stereocenters. The number of halogens is 2. The van der Waals surface area contributed by atoms with Crippen molar-refractivity contribution in [2.45, 2.75) is 19.3 Å². The second-order valence-electron chi connectivity index (χ2n) is 3.83. The Morgan fingerprint density at radius 3 is 2.53 bits per heavy atom. The highest BCUT2D eigenvalue weighted by molar-refractivity contribution is 6.36. The molecule has 0 heterocycles. The lowest BCUT2D eigenvalue weighted by molar-refractivity contribution is 0.316. The first-order chi connectivity index (χ1) is 7.15. The predicted octanol–water partition coefficient (Wildman–Crippen LogP) is 3.95. The van der Waals surface area contributed by atoms with Gasteiger partial charge in [-0.2, -0.15) is 0 Å². The lowest BCUT2D eigenvalue weighted by atomic mass is 10.1. The molecule has 4 heteroatoms. The fraction of sp³-hybridized carbons (Fsp3) is 0.364. The zero-order valence-electron chi connectivity index (χ0n) is 8.24. The Morgan fingerprint density at radius 1 is 1.40 bits per heavy atom. The van der Waals surface area contributed by atoms with E-state index in [4.69, 9.17) is 28.4 Å². The summed E-state index contributed by atoms with van der Waals surface area (Å²) in [6.45, 7) is 1.81. The van der Waals surface area contributed by atoms with Gasteiger partial charge in [-0.15, -0.1) is 0 Å². The number of nitrogens with zero attached hydrogens (tertiary/aromatic N) is 1. The van der Waals surface area contributed by atoms with Crippen molar-refractivity contribution in [3.05, 3.63) is 33.8 Å². The van der Waals surface area contributed by atoms with Crippen molar-refractivity contribution in [3.8, 4) is 0 Å². The molecule has 2 rings (SSSR count). The first kappa shape index (κ1) is 10.8. The molecule has 15 heavy (non-hydrogen) atoms. The highest BCUT2D eigenvalue weighted by Gasteiger charge is 2.42. The van der Waals surface area contributed by atoms with Gasteiger partial charge in [0.25, 0.3) is 0 Å². The van der Waals surface area contributed by atoms with Crippen molar-refractivity contribution < 1.29 is 5.21 Å². The van der Waals surface area contributed by atoms with Crippen molar-refractivity contribution in [2.75, 3.05) is 0 Å². The van der Waals surface area contributed by atoms with Crippen molar-refractivity contribution >= 4 is 28.9 Å². The summed E-state index contributed by atoms with van der Waals surface area (Å²) in [6, 6.07) is 5.51. The Bertz CT molecular complexity index is 397. The first-order valence-electron chi connectivity index (χ1n) is 4.77. The summed E-state index contributed by atoms with van der Waals surface area (Å²) in [5, 5.41) is 13.3. The third kappa shape index (κ3) is 1.97. The number of hydrogen-bond donors (Lipinski definition) is 1. The molecular formula is C11H11Cl2NO. The van der Waals surface area contributed by atoms with E-state index >= 15 is 0 Å². The Hall–Kier alpha value is -0.730. The van der Waals surface area contributed by atoms with Gasteiger partial charge in [-0.05, 0) is 37.0 Å². The van der Waals surface area contributed by atoms with E-state index < -0.39 is 0 Å². The van der Waals surface area contributed by atoms with Gasteiger partial charge in [-0.3, -0.25) is 0 Å². The summed E-state index contributed by atoms with van der Waals surface area (Å²) in [7, 11) is 0. The quantitative estimate of drug-likeness (QED) is 0.477. The molecule has 1 saturated carbocycles. The Kier molecular flexibility index (Phi) is 2.89. The van der Waals surface area contributed by atoms with Crippen LogP contribution in [0.15, 0.2) is 23.4 Å². The maximum atomic E-state index is 8.67. The van der Waals surface area contributed by atoms with Crippen LogP contribution in [-0.2, 0) is 0 Å². The van der Waals surface area contributed by atoms with Crippen LogP contribution in [0.2, 0.25) is 10.0 Å². The summed E-state index contributed by atoms with van der Waals surface area (Å²) in [4.78, 5) is 0. The Balaban J connectivity index is 2.27. The van der Waals surface area contributed by atoms with Gasteiger partial charge in [0, 0.05) is 16.0 Å². The lowest BCUT2D eigenvalue weighted by Gasteiger charge is -2.05. The minimum absolute atomic E-state index is 0.285. The summed E-state index contributed by atoms with van der Waals surface area (Å²) >= 11 is 12.2. The van der Waals surface area contributed by atoms with Gasteiger partial charge >= 0.3 is 0 Å². The molecule has 1 N–H and O–H groups in total. The molecule has 2 atom stereocenters. The normalized spacial score (nSPS) is 25.4. The van der Waals surface area contributed by atoms with E-state index in [0.29, 0.717) is 16.0 Å². The molecule has 0 spiro atoms. The van der Waals surface area contributed by atoms with Crippen LogP contribution in [-0.4, -0.2) is 10.9 Å². The number of benzene rings is 1. The van der Waals surface area contributed by atoms with Crippen LogP contribution in [0.4, 0.5) is 0 Å². The van der Waals surface area contributed by atoms with Crippen molar-refractivity contribution in [1.29, 1.82) is 0 Å². The third-order valence-electron chi connectivity index (χ3n) is 2.86. The van der Waals surface area contributed by atoms with Crippen molar-refractivity contribution in [3.63, 3.8) is 0 Å². The van der Waals surface area contributed by atoms with Crippen molar-refractivity contribution in [1.82, 2.24) is 0 Å². The molecule has 1 aliphatic carbocycles. The number of hydrogen-bond acceptors (Lipinski definition) is 2. The summed E-state index contributed by atoms with van der Waals surface area (Å²) < 4.78 is 0. The van der Waals surface area contributed by atoms with E-state index in [1.54, 1.807) is 0 Å². The first-order valence-corrected chi connectivity index (χ1v) is 5.53. The molecule has 0 radical (unpaired) electrons. The summed E-state index contributed by atoms with van der Waals surface area (Å²) in [5.41, 5.74) is 1.73. The standard InChI is InChI=1S/C11H11Cl2NO/c1-6(14-15)7-5-8(7)11-9(12)3-2-4-10(11)13/h2-4,7-8,15H,5H2,1H3. The van der Waals surface area contributed by atoms with Gasteiger partial charge in [0.1, 0.15) is 0 Å². The molecule has 1 fully saturated rings. The molecule has 80 valence electrons. The Labute approximate surface area is 98.5 Å². The fourth-order valence-corrected chi connectivity index (χ4v) is 2.59. The van der Waals surface area contributed by atoms with Crippen LogP contribution in [0.5, 0.6) is 0 Å². The third-order valence-corrected chi connectivity index (χ3v) is 3.51. The van der Waals surface area contributed by atoms with E-state index in [1.165, 1.54) is 0 Å². The summed E-state index contributed by atoms with van der Waals surface area (Å²) in [6.07, 6.45) is 0.958. The molecule has 1 aromatic rings. The highest BCUT2D eigenvalue weighted by atomic mass is 35.5. The Morgan fingerprint density at radius 2 is 2.00 bits per heavy atom. The molecule has 0 amide bonds. The van der Waals surface area contributed by atoms with Gasteiger partial charge in [0.15, 0.2) is 0 Å². The van der Waals surface area contributed by atoms with E-state index in [1.807, 2.05) is 25.1 Å². The van der Waals surface area contributed by atoms with Crippen molar-refractivity contribution in [2.24, 2.45) is 11.1 Å². The van der Waals surface area contributed by atoms with Gasteiger partial charge in [-0.1, -0.05) is 34.4 Å². The van der Waals surface area contributed by atoms with Gasteiger partial charge in [0.2, 0.25) is 0 Å². The fourth-order valence-electron chi connectivity index (χ4n) is 1.91. The zero-order chi connectivity index (χ0) is 11.0. The lowest BCUT2D eigenvalue weighted by Crippen LogP contribution is -1.97. The smallest absolute Gasteiger partial charge is 0.0577 e. The predicted molar refractivity (Wildman–Crippen MR) is 62.2 cm³/mol. The number of oxime groups is 1. The van der Waals surface area contributed by atoms with E-state index in [2.05, 4.69) is 5.16 Å².